The summed E-state index contributed by atoms with van der Waals surface area (Å²) in [6.07, 6.45) is 2.26. The summed E-state index contributed by atoms with van der Waals surface area (Å²) in [4.78, 5) is 25.8. The van der Waals surface area contributed by atoms with E-state index in [0.29, 0.717) is 37.4 Å². The Hall–Kier alpha value is -3.47. The molecule has 10 heteroatoms. The third-order valence-corrected chi connectivity index (χ3v) is 8.18. The van der Waals surface area contributed by atoms with Crippen molar-refractivity contribution in [1.82, 2.24) is 9.62 Å². The number of urea groups is 1. The number of rotatable bonds is 7. The molecule has 0 atom stereocenters. The Balaban J connectivity index is 1.43. The third kappa shape index (κ3) is 5.36. The number of hydrogen-bond acceptors (Lipinski definition) is 5. The summed E-state index contributed by atoms with van der Waals surface area (Å²) in [5.41, 5.74) is 2.34. The second kappa shape index (κ2) is 10.2. The molecule has 2 aromatic carbocycles. The quantitative estimate of drug-likeness (QED) is 0.429. The van der Waals surface area contributed by atoms with Gasteiger partial charge in [0.05, 0.1) is 4.90 Å². The van der Waals surface area contributed by atoms with Crippen molar-refractivity contribution in [1.29, 1.82) is 0 Å². The van der Waals surface area contributed by atoms with Gasteiger partial charge in [0, 0.05) is 41.4 Å². The minimum Gasteiger partial charge on any atom is -0.334 e. The van der Waals surface area contributed by atoms with Gasteiger partial charge >= 0.3 is 6.03 Å². The maximum Gasteiger partial charge on any atom is 0.319 e. The highest BCUT2D eigenvalue weighted by atomic mass is 32.2. The van der Waals surface area contributed by atoms with Crippen LogP contribution in [0.3, 0.4) is 0 Å². The summed E-state index contributed by atoms with van der Waals surface area (Å²) in [5.74, 6) is -0.430. The molecular formula is C24H24N4O4S2. The van der Waals surface area contributed by atoms with Gasteiger partial charge in [-0.25, -0.2) is 13.2 Å². The van der Waals surface area contributed by atoms with Crippen LogP contribution in [0.4, 0.5) is 16.2 Å². The Bertz CT molecular complexity index is 1320. The average Bonchev–Trinajstić information content (AvgIpc) is 3.32. The van der Waals surface area contributed by atoms with E-state index >= 15 is 0 Å². The minimum absolute atomic E-state index is 0.0870. The maximum absolute atomic E-state index is 13.2. The lowest BCUT2D eigenvalue weighted by Gasteiger charge is -2.26. The van der Waals surface area contributed by atoms with Crippen LogP contribution in [0, 0.1) is 0 Å². The van der Waals surface area contributed by atoms with E-state index < -0.39 is 15.9 Å². The highest BCUT2D eigenvalue weighted by Gasteiger charge is 2.29. The molecule has 3 amide bonds. The molecule has 3 aromatic rings. The first-order valence-corrected chi connectivity index (χ1v) is 12.9. The maximum atomic E-state index is 13.2. The summed E-state index contributed by atoms with van der Waals surface area (Å²) >= 11 is 1.65. The number of carbonyl (C=O) groups excluding carboxylic acids is 2. The van der Waals surface area contributed by atoms with E-state index in [9.17, 15) is 18.0 Å². The highest BCUT2D eigenvalue weighted by Crippen LogP contribution is 2.28. The molecule has 0 radical (unpaired) electrons. The molecule has 0 fully saturated rings. The fourth-order valence-electron chi connectivity index (χ4n) is 3.55. The standard InChI is InChI=1S/C24H24N4O4S2/c1-2-12-25-24(30)27-20-8-6-19(7-9-20)26-23(29)17-4-3-5-21(15-17)34(31,32)28-13-10-22-18(16-28)11-14-33-22/h2-9,11,14-15H,1,10,12-13,16H2,(H,26,29)(H2,25,27,30). The van der Waals surface area contributed by atoms with Crippen LogP contribution in [0.2, 0.25) is 0 Å². The van der Waals surface area contributed by atoms with Crippen molar-refractivity contribution in [3.05, 3.63) is 88.6 Å². The van der Waals surface area contributed by atoms with E-state index in [1.54, 1.807) is 53.8 Å². The number of nitrogens with one attached hydrogen (secondary N) is 3. The molecule has 0 saturated carbocycles. The molecule has 0 unspecified atom stereocenters. The van der Waals surface area contributed by atoms with Crippen LogP contribution in [-0.2, 0) is 23.0 Å². The Morgan fingerprint density at radius 3 is 2.53 bits per heavy atom. The molecule has 3 N–H and O–H groups in total. The summed E-state index contributed by atoms with van der Waals surface area (Å²) < 4.78 is 27.8. The van der Waals surface area contributed by atoms with Crippen molar-refractivity contribution in [2.45, 2.75) is 17.9 Å². The molecular weight excluding hydrogens is 472 g/mol. The molecule has 1 aromatic heterocycles. The van der Waals surface area contributed by atoms with Crippen molar-refractivity contribution in [2.24, 2.45) is 0 Å². The van der Waals surface area contributed by atoms with E-state index in [-0.39, 0.29) is 16.5 Å². The van der Waals surface area contributed by atoms with Gasteiger partial charge in [-0.05, 0) is 65.9 Å². The van der Waals surface area contributed by atoms with E-state index in [2.05, 4.69) is 22.5 Å². The fraction of sp³-hybridized carbons (Fsp3) is 0.167. The monoisotopic (exact) mass is 496 g/mol. The minimum atomic E-state index is -3.73. The summed E-state index contributed by atoms with van der Waals surface area (Å²) in [7, 11) is -3.73. The van der Waals surface area contributed by atoms with E-state index in [4.69, 9.17) is 0 Å². The molecule has 1 aliphatic rings. The Kier molecular flexibility index (Phi) is 7.11. The lowest BCUT2D eigenvalue weighted by Crippen LogP contribution is -2.35. The first-order valence-electron chi connectivity index (χ1n) is 10.6. The smallest absolute Gasteiger partial charge is 0.319 e. The second-order valence-corrected chi connectivity index (χ2v) is 10.6. The average molecular weight is 497 g/mol. The predicted molar refractivity (Wildman–Crippen MR) is 134 cm³/mol. The zero-order valence-electron chi connectivity index (χ0n) is 18.3. The van der Waals surface area contributed by atoms with E-state index in [1.165, 1.54) is 21.3 Å². The Morgan fingerprint density at radius 2 is 1.79 bits per heavy atom. The molecule has 4 rings (SSSR count). The Labute approximate surface area is 202 Å². The fourth-order valence-corrected chi connectivity index (χ4v) is 5.91. The SMILES string of the molecule is C=CCNC(=O)Nc1ccc(NC(=O)c2cccc(S(=O)(=O)N3CCc4sccc4C3)c2)cc1. The van der Waals surface area contributed by atoms with Crippen LogP contribution in [-0.4, -0.2) is 37.8 Å². The van der Waals surface area contributed by atoms with Crippen molar-refractivity contribution in [3.63, 3.8) is 0 Å². The van der Waals surface area contributed by atoms with Gasteiger partial charge in [-0.1, -0.05) is 12.1 Å². The molecule has 176 valence electrons. The van der Waals surface area contributed by atoms with Crippen molar-refractivity contribution in [3.8, 4) is 0 Å². The summed E-state index contributed by atoms with van der Waals surface area (Å²) in [6, 6.07) is 14.2. The third-order valence-electron chi connectivity index (χ3n) is 5.31. The number of fused-ring (bicyclic) bond motifs is 1. The molecule has 1 aliphatic heterocycles. The van der Waals surface area contributed by atoms with Crippen molar-refractivity contribution in [2.75, 3.05) is 23.7 Å². The zero-order chi connectivity index (χ0) is 24.1. The number of nitrogens with zero attached hydrogens (tertiary/aromatic N) is 1. The van der Waals surface area contributed by atoms with Crippen LogP contribution in [0.5, 0.6) is 0 Å². The summed E-state index contributed by atoms with van der Waals surface area (Å²) in [6.45, 7) is 4.63. The van der Waals surface area contributed by atoms with Gasteiger partial charge in [0.1, 0.15) is 0 Å². The number of amides is 3. The lowest BCUT2D eigenvalue weighted by atomic mass is 10.1. The van der Waals surface area contributed by atoms with Crippen molar-refractivity contribution >= 4 is 44.7 Å². The number of anilines is 2. The topological polar surface area (TPSA) is 108 Å². The lowest BCUT2D eigenvalue weighted by molar-refractivity contribution is 0.102. The zero-order valence-corrected chi connectivity index (χ0v) is 19.9. The first-order chi connectivity index (χ1) is 16.4. The van der Waals surface area contributed by atoms with Crippen LogP contribution in [0.15, 0.2) is 77.5 Å². The molecule has 0 bridgehead atoms. The number of hydrogen-bond donors (Lipinski definition) is 3. The van der Waals surface area contributed by atoms with E-state index in [1.807, 2.05) is 11.4 Å². The molecule has 0 spiro atoms. The van der Waals surface area contributed by atoms with Crippen LogP contribution >= 0.6 is 11.3 Å². The van der Waals surface area contributed by atoms with Gasteiger partial charge < -0.3 is 16.0 Å². The molecule has 34 heavy (non-hydrogen) atoms. The van der Waals surface area contributed by atoms with Crippen LogP contribution in [0.1, 0.15) is 20.8 Å². The van der Waals surface area contributed by atoms with Gasteiger partial charge in [-0.15, -0.1) is 17.9 Å². The number of benzene rings is 2. The highest BCUT2D eigenvalue weighted by molar-refractivity contribution is 7.89. The van der Waals surface area contributed by atoms with Gasteiger partial charge in [0.25, 0.3) is 5.91 Å². The molecule has 8 nitrogen and oxygen atoms in total. The van der Waals surface area contributed by atoms with E-state index in [0.717, 1.165) is 5.56 Å². The second-order valence-electron chi connectivity index (χ2n) is 7.64. The largest absolute Gasteiger partial charge is 0.334 e. The molecule has 0 saturated heterocycles. The summed E-state index contributed by atoms with van der Waals surface area (Å²) in [5, 5.41) is 10.0. The number of thiophene rings is 1. The molecule has 0 aliphatic carbocycles. The normalized spacial score (nSPS) is 13.5. The van der Waals surface area contributed by atoms with Gasteiger partial charge in [-0.3, -0.25) is 4.79 Å². The Morgan fingerprint density at radius 1 is 1.06 bits per heavy atom. The number of sulfonamides is 1. The molecule has 2 heterocycles. The van der Waals surface area contributed by atoms with Crippen molar-refractivity contribution < 1.29 is 18.0 Å². The number of carbonyl (C=O) groups is 2. The van der Waals surface area contributed by atoms with Gasteiger partial charge in [-0.2, -0.15) is 4.31 Å². The van der Waals surface area contributed by atoms with Gasteiger partial charge in [0.15, 0.2) is 0 Å². The van der Waals surface area contributed by atoms with Crippen LogP contribution in [0.25, 0.3) is 0 Å². The van der Waals surface area contributed by atoms with Gasteiger partial charge in [0.2, 0.25) is 10.0 Å². The predicted octanol–water partition coefficient (Wildman–Crippen LogP) is 4.05. The van der Waals surface area contributed by atoms with Crippen LogP contribution < -0.4 is 16.0 Å². The first kappa shape index (κ1) is 23.7.